The minimum Gasteiger partial charge on any atom is -0.388 e. The van der Waals surface area contributed by atoms with Crippen molar-refractivity contribution in [3.05, 3.63) is 0 Å². The van der Waals surface area contributed by atoms with Crippen LogP contribution in [0.1, 0.15) is 0 Å². The summed E-state index contributed by atoms with van der Waals surface area (Å²) in [6.45, 7) is -0.372. The number of aliphatic hydroxyl groups excluding tert-OH is 3. The summed E-state index contributed by atoms with van der Waals surface area (Å²) < 4.78 is 19.0. The number of aliphatic hydroxyl groups is 3. The molecule has 1 aliphatic rings. The van der Waals surface area contributed by atoms with Gasteiger partial charge in [0, 0.05) is 0 Å². The van der Waals surface area contributed by atoms with E-state index in [1.807, 2.05) is 0 Å². The monoisotopic (exact) mass is 230 g/mol. The van der Waals surface area contributed by atoms with Crippen molar-refractivity contribution >= 4 is 7.82 Å². The summed E-state index contributed by atoms with van der Waals surface area (Å²) in [5.74, 6) is 0. The van der Waals surface area contributed by atoms with Crippen molar-refractivity contribution in [3.8, 4) is 0 Å². The van der Waals surface area contributed by atoms with Crippen LogP contribution in [-0.2, 0) is 13.8 Å². The van der Waals surface area contributed by atoms with Gasteiger partial charge in [0.1, 0.15) is 18.3 Å². The van der Waals surface area contributed by atoms with Gasteiger partial charge in [-0.1, -0.05) is 0 Å². The number of ether oxygens (including phenoxy) is 1. The number of rotatable bonds is 2. The second kappa shape index (κ2) is 4.21. The molecule has 0 spiro atoms. The highest BCUT2D eigenvalue weighted by Crippen LogP contribution is 2.39. The van der Waals surface area contributed by atoms with Crippen LogP contribution in [0.5, 0.6) is 0 Å². The Morgan fingerprint density at radius 1 is 1.21 bits per heavy atom. The first-order chi connectivity index (χ1) is 6.31. The van der Waals surface area contributed by atoms with Gasteiger partial charge >= 0.3 is 7.82 Å². The molecule has 8 nitrogen and oxygen atoms in total. The van der Waals surface area contributed by atoms with E-state index < -0.39 is 32.4 Å². The van der Waals surface area contributed by atoms with Gasteiger partial charge in [0.15, 0.2) is 6.29 Å². The fourth-order valence-corrected chi connectivity index (χ4v) is 1.46. The van der Waals surface area contributed by atoms with Gasteiger partial charge in [0.05, 0.1) is 6.61 Å². The molecule has 1 heterocycles. The summed E-state index contributed by atoms with van der Waals surface area (Å²) in [4.78, 5) is 16.8. The van der Waals surface area contributed by atoms with E-state index in [0.29, 0.717) is 0 Å². The van der Waals surface area contributed by atoms with Crippen molar-refractivity contribution in [1.29, 1.82) is 0 Å². The Balaban J connectivity index is 2.60. The number of hydrogen-bond donors (Lipinski definition) is 5. The lowest BCUT2D eigenvalue weighted by molar-refractivity contribution is -0.245. The molecule has 1 saturated heterocycles. The molecule has 4 atom stereocenters. The van der Waals surface area contributed by atoms with E-state index in [1.54, 1.807) is 0 Å². The predicted octanol–water partition coefficient (Wildman–Crippen LogP) is -2.47. The average Bonchev–Trinajstić information content (AvgIpc) is 2.04. The second-order valence-electron chi connectivity index (χ2n) is 2.85. The van der Waals surface area contributed by atoms with Crippen LogP contribution < -0.4 is 0 Å². The van der Waals surface area contributed by atoms with Gasteiger partial charge in [-0.15, -0.1) is 0 Å². The first-order valence-electron chi connectivity index (χ1n) is 3.71. The van der Waals surface area contributed by atoms with Gasteiger partial charge in [-0.3, -0.25) is 4.52 Å². The quantitative estimate of drug-likeness (QED) is 0.329. The van der Waals surface area contributed by atoms with Crippen LogP contribution in [0.25, 0.3) is 0 Å². The molecule has 9 heteroatoms. The molecule has 0 aromatic rings. The zero-order valence-corrected chi connectivity index (χ0v) is 7.82. The maximum atomic E-state index is 10.4. The van der Waals surface area contributed by atoms with Crippen molar-refractivity contribution in [2.75, 3.05) is 6.61 Å². The summed E-state index contributed by atoms with van der Waals surface area (Å²) in [6, 6.07) is 0. The van der Waals surface area contributed by atoms with Crippen molar-refractivity contribution in [2.45, 2.75) is 24.6 Å². The van der Waals surface area contributed by atoms with E-state index >= 15 is 0 Å². The first kappa shape index (κ1) is 12.0. The summed E-state index contributed by atoms with van der Waals surface area (Å²) in [5.41, 5.74) is 0. The van der Waals surface area contributed by atoms with Crippen LogP contribution in [0.3, 0.4) is 0 Å². The summed E-state index contributed by atoms with van der Waals surface area (Å²) in [7, 11) is -4.80. The van der Waals surface area contributed by atoms with Crippen LogP contribution in [0.2, 0.25) is 0 Å². The second-order valence-corrected chi connectivity index (χ2v) is 4.04. The molecule has 4 unspecified atom stereocenters. The molecular weight excluding hydrogens is 219 g/mol. The lowest BCUT2D eigenvalue weighted by Crippen LogP contribution is -2.53. The lowest BCUT2D eigenvalue weighted by Gasteiger charge is -2.34. The maximum Gasteiger partial charge on any atom is 0.472 e. The summed E-state index contributed by atoms with van der Waals surface area (Å²) in [6.07, 6.45) is -6.21. The maximum absolute atomic E-state index is 10.4. The van der Waals surface area contributed by atoms with Gasteiger partial charge < -0.3 is 29.8 Å². The molecule has 0 bridgehead atoms. The molecule has 0 aromatic heterocycles. The number of phosphoric ester groups is 1. The molecule has 14 heavy (non-hydrogen) atoms. The Hall–Kier alpha value is -0.0500. The molecule has 1 aliphatic heterocycles. The highest BCUT2D eigenvalue weighted by atomic mass is 31.2. The minimum absolute atomic E-state index is 0.372. The molecule has 0 amide bonds. The third-order valence-electron chi connectivity index (χ3n) is 1.70. The van der Waals surface area contributed by atoms with E-state index in [0.717, 1.165) is 0 Å². The molecule has 0 aliphatic carbocycles. The molecule has 0 aromatic carbocycles. The Morgan fingerprint density at radius 3 is 2.29 bits per heavy atom. The van der Waals surface area contributed by atoms with E-state index in [2.05, 4.69) is 9.26 Å². The molecule has 5 N–H and O–H groups in total. The third-order valence-corrected chi connectivity index (χ3v) is 2.18. The Kier molecular flexibility index (Phi) is 3.62. The topological polar surface area (TPSA) is 137 Å². The minimum atomic E-state index is -4.80. The number of phosphoric acid groups is 1. The van der Waals surface area contributed by atoms with Crippen molar-refractivity contribution in [1.82, 2.24) is 0 Å². The van der Waals surface area contributed by atoms with Crippen LogP contribution in [-0.4, -0.2) is 56.3 Å². The highest BCUT2D eigenvalue weighted by Gasteiger charge is 2.41. The smallest absolute Gasteiger partial charge is 0.388 e. The molecule has 1 rings (SSSR count). The van der Waals surface area contributed by atoms with Crippen LogP contribution in [0, 0.1) is 0 Å². The fourth-order valence-electron chi connectivity index (χ4n) is 1.01. The summed E-state index contributed by atoms with van der Waals surface area (Å²) >= 11 is 0. The Labute approximate surface area is 78.9 Å². The van der Waals surface area contributed by atoms with Crippen LogP contribution in [0.4, 0.5) is 0 Å². The van der Waals surface area contributed by atoms with Gasteiger partial charge in [-0.2, -0.15) is 0 Å². The summed E-state index contributed by atoms with van der Waals surface area (Å²) in [5, 5.41) is 27.2. The number of hydrogen-bond acceptors (Lipinski definition) is 6. The average molecular weight is 230 g/mol. The third kappa shape index (κ3) is 2.97. The normalized spacial score (nSPS) is 39.8. The standard InChI is InChI=1S/C5H11O8P/c6-2-1-12-5(4(8)3(2)7)13-14(9,10)11/h2-8H,1H2,(H2,9,10,11). The SMILES string of the molecule is O=P(O)(O)OC1OCC(O)C(O)C1O. The predicted molar refractivity (Wildman–Crippen MR) is 40.9 cm³/mol. The van der Waals surface area contributed by atoms with E-state index in [1.165, 1.54) is 0 Å². The Bertz CT molecular complexity index is 238. The molecule has 0 radical (unpaired) electrons. The van der Waals surface area contributed by atoms with Gasteiger partial charge in [0.2, 0.25) is 0 Å². The van der Waals surface area contributed by atoms with Crippen molar-refractivity contribution < 1.29 is 38.9 Å². The largest absolute Gasteiger partial charge is 0.472 e. The highest BCUT2D eigenvalue weighted by molar-refractivity contribution is 7.46. The molecule has 84 valence electrons. The lowest BCUT2D eigenvalue weighted by atomic mass is 10.1. The van der Waals surface area contributed by atoms with E-state index in [-0.39, 0.29) is 6.61 Å². The van der Waals surface area contributed by atoms with Gasteiger partial charge in [-0.05, 0) is 0 Å². The van der Waals surface area contributed by atoms with E-state index in [9.17, 15) is 4.57 Å². The van der Waals surface area contributed by atoms with Crippen LogP contribution in [0.15, 0.2) is 0 Å². The zero-order chi connectivity index (χ0) is 10.9. The molecule has 0 saturated carbocycles. The zero-order valence-electron chi connectivity index (χ0n) is 6.92. The van der Waals surface area contributed by atoms with Gasteiger partial charge in [0.25, 0.3) is 0 Å². The fraction of sp³-hybridized carbons (Fsp3) is 1.00. The van der Waals surface area contributed by atoms with Crippen molar-refractivity contribution in [2.24, 2.45) is 0 Å². The van der Waals surface area contributed by atoms with Crippen molar-refractivity contribution in [3.63, 3.8) is 0 Å². The molecular formula is C5H11O8P. The first-order valence-corrected chi connectivity index (χ1v) is 5.24. The molecule has 1 fully saturated rings. The van der Waals surface area contributed by atoms with Gasteiger partial charge in [-0.25, -0.2) is 4.57 Å². The van der Waals surface area contributed by atoms with E-state index in [4.69, 9.17) is 25.1 Å². The van der Waals surface area contributed by atoms with Crippen LogP contribution >= 0.6 is 7.82 Å². The Morgan fingerprint density at radius 2 is 1.79 bits per heavy atom.